The average molecular weight is 354 g/mol. The molecule has 0 aliphatic carbocycles. The van der Waals surface area contributed by atoms with E-state index in [9.17, 15) is 4.79 Å². The van der Waals surface area contributed by atoms with Crippen molar-refractivity contribution in [1.82, 2.24) is 10.2 Å². The molecule has 1 saturated heterocycles. The number of carbonyl (C=O) groups excluding carboxylic acids is 1. The molecule has 1 fully saturated rings. The van der Waals surface area contributed by atoms with Crippen molar-refractivity contribution in [2.75, 3.05) is 19.6 Å². The van der Waals surface area contributed by atoms with E-state index in [-0.39, 0.29) is 17.9 Å². The molecule has 2 atom stereocenters. The van der Waals surface area contributed by atoms with Crippen LogP contribution in [0.1, 0.15) is 62.3 Å². The van der Waals surface area contributed by atoms with Crippen molar-refractivity contribution < 1.29 is 9.21 Å². The molecule has 140 valence electrons. The van der Waals surface area contributed by atoms with Crippen LogP contribution < -0.4 is 5.32 Å². The Balaban J connectivity index is 1.68. The van der Waals surface area contributed by atoms with E-state index in [1.807, 2.05) is 30.3 Å². The summed E-state index contributed by atoms with van der Waals surface area (Å²) in [5, 5.41) is 3.21. The second kappa shape index (κ2) is 9.58. The summed E-state index contributed by atoms with van der Waals surface area (Å²) >= 11 is 0. The van der Waals surface area contributed by atoms with Gasteiger partial charge in [-0.2, -0.15) is 0 Å². The van der Waals surface area contributed by atoms with Gasteiger partial charge in [0.1, 0.15) is 5.76 Å². The first-order chi connectivity index (χ1) is 12.8. The lowest BCUT2D eigenvalue weighted by molar-refractivity contribution is -0.123. The molecule has 1 aromatic carbocycles. The molecule has 2 unspecified atom stereocenters. The molecule has 1 aromatic heterocycles. The highest BCUT2D eigenvalue weighted by atomic mass is 16.3. The van der Waals surface area contributed by atoms with Gasteiger partial charge in [-0.1, -0.05) is 50.1 Å². The maximum atomic E-state index is 12.9. The Morgan fingerprint density at radius 1 is 1.12 bits per heavy atom. The van der Waals surface area contributed by atoms with Gasteiger partial charge in [-0.3, -0.25) is 9.69 Å². The molecule has 26 heavy (non-hydrogen) atoms. The topological polar surface area (TPSA) is 45.5 Å². The molecule has 0 radical (unpaired) electrons. The van der Waals surface area contributed by atoms with Gasteiger partial charge in [-0.15, -0.1) is 0 Å². The number of benzene rings is 1. The number of hydrogen-bond acceptors (Lipinski definition) is 3. The lowest BCUT2D eigenvalue weighted by Gasteiger charge is -2.33. The monoisotopic (exact) mass is 354 g/mol. The minimum atomic E-state index is -0.0835. The van der Waals surface area contributed by atoms with E-state index in [4.69, 9.17) is 4.42 Å². The number of hydrogen-bond donors (Lipinski definition) is 1. The average Bonchev–Trinajstić information content (AvgIpc) is 3.22. The molecule has 4 nitrogen and oxygen atoms in total. The van der Waals surface area contributed by atoms with Crippen LogP contribution in [-0.4, -0.2) is 30.4 Å². The van der Waals surface area contributed by atoms with Crippen LogP contribution in [0.5, 0.6) is 0 Å². The molecule has 1 aliphatic heterocycles. The normalized spacial score (nSPS) is 17.6. The molecule has 0 saturated carbocycles. The van der Waals surface area contributed by atoms with Gasteiger partial charge < -0.3 is 9.73 Å². The van der Waals surface area contributed by atoms with Crippen molar-refractivity contribution in [1.29, 1.82) is 0 Å². The summed E-state index contributed by atoms with van der Waals surface area (Å²) in [4.78, 5) is 15.4. The molecule has 1 aliphatic rings. The van der Waals surface area contributed by atoms with Gasteiger partial charge in [-0.25, -0.2) is 0 Å². The van der Waals surface area contributed by atoms with E-state index in [0.717, 1.165) is 37.3 Å². The van der Waals surface area contributed by atoms with E-state index in [1.165, 1.54) is 19.3 Å². The van der Waals surface area contributed by atoms with Crippen LogP contribution in [0.15, 0.2) is 53.1 Å². The molecule has 4 heteroatoms. The smallest absolute Gasteiger partial charge is 0.227 e. The third-order valence-electron chi connectivity index (χ3n) is 5.27. The third kappa shape index (κ3) is 4.76. The summed E-state index contributed by atoms with van der Waals surface area (Å²) in [5.41, 5.74) is 1.10. The Kier molecular flexibility index (Phi) is 6.89. The zero-order chi connectivity index (χ0) is 18.2. The van der Waals surface area contributed by atoms with Crippen LogP contribution in [0.2, 0.25) is 0 Å². The molecule has 3 rings (SSSR count). The van der Waals surface area contributed by atoms with Crippen LogP contribution in [0.4, 0.5) is 0 Å². The van der Waals surface area contributed by atoms with Crippen LogP contribution in [0, 0.1) is 0 Å². The summed E-state index contributed by atoms with van der Waals surface area (Å²) in [6, 6.07) is 14.2. The number of nitrogens with one attached hydrogen (secondary N) is 1. The number of carbonyl (C=O) groups is 1. The zero-order valence-corrected chi connectivity index (χ0v) is 15.7. The Bertz CT molecular complexity index is 648. The van der Waals surface area contributed by atoms with Gasteiger partial charge >= 0.3 is 0 Å². The quantitative estimate of drug-likeness (QED) is 0.759. The van der Waals surface area contributed by atoms with Gasteiger partial charge in [0.2, 0.25) is 5.91 Å². The minimum absolute atomic E-state index is 0.0835. The van der Waals surface area contributed by atoms with Crippen molar-refractivity contribution in [3.05, 3.63) is 60.1 Å². The predicted octanol–water partition coefficient (Wildman–Crippen LogP) is 4.51. The highest BCUT2D eigenvalue weighted by Gasteiger charge is 2.26. The van der Waals surface area contributed by atoms with Crippen molar-refractivity contribution in [2.45, 2.75) is 51.0 Å². The van der Waals surface area contributed by atoms with E-state index in [1.54, 1.807) is 6.26 Å². The Morgan fingerprint density at radius 2 is 1.88 bits per heavy atom. The molecular formula is C22H30N2O2. The number of nitrogens with zero attached hydrogens (tertiary/aromatic N) is 1. The van der Waals surface area contributed by atoms with Crippen LogP contribution in [0.25, 0.3) is 0 Å². The van der Waals surface area contributed by atoms with Gasteiger partial charge in [0.15, 0.2) is 0 Å². The van der Waals surface area contributed by atoms with Gasteiger partial charge in [0.05, 0.1) is 18.2 Å². The van der Waals surface area contributed by atoms with E-state index < -0.39 is 0 Å². The van der Waals surface area contributed by atoms with E-state index in [2.05, 4.69) is 29.3 Å². The Labute approximate surface area is 156 Å². The molecule has 0 spiro atoms. The van der Waals surface area contributed by atoms with Crippen molar-refractivity contribution in [3.8, 4) is 0 Å². The number of likely N-dealkylation sites (tertiary alicyclic amines) is 1. The van der Waals surface area contributed by atoms with Crippen LogP contribution in [-0.2, 0) is 4.79 Å². The predicted molar refractivity (Wildman–Crippen MR) is 104 cm³/mol. The standard InChI is InChI=1S/C22H30N2O2/c1-2-10-19(18-11-5-3-6-12-18)22(25)23-17-20(21-13-9-16-26-21)24-14-7-4-8-15-24/h3,5-6,9,11-13,16,19-20H,2,4,7-8,10,14-15,17H2,1H3,(H,23,25). The first kappa shape index (κ1) is 18.7. The lowest BCUT2D eigenvalue weighted by Crippen LogP contribution is -2.41. The highest BCUT2D eigenvalue weighted by Crippen LogP contribution is 2.26. The van der Waals surface area contributed by atoms with E-state index >= 15 is 0 Å². The van der Waals surface area contributed by atoms with Crippen molar-refractivity contribution in [2.24, 2.45) is 0 Å². The zero-order valence-electron chi connectivity index (χ0n) is 15.7. The fraction of sp³-hybridized carbons (Fsp3) is 0.500. The number of amides is 1. The second-order valence-electron chi connectivity index (χ2n) is 7.12. The summed E-state index contributed by atoms with van der Waals surface area (Å²) in [6.45, 7) is 4.86. The van der Waals surface area contributed by atoms with E-state index in [0.29, 0.717) is 6.54 Å². The van der Waals surface area contributed by atoms with Crippen molar-refractivity contribution >= 4 is 5.91 Å². The summed E-state index contributed by atoms with van der Waals surface area (Å²) in [5.74, 6) is 0.977. The molecule has 1 amide bonds. The summed E-state index contributed by atoms with van der Waals surface area (Å²) in [7, 11) is 0. The van der Waals surface area contributed by atoms with Gasteiger partial charge in [0.25, 0.3) is 0 Å². The fourth-order valence-electron chi connectivity index (χ4n) is 3.86. The highest BCUT2D eigenvalue weighted by molar-refractivity contribution is 5.83. The Hall–Kier alpha value is -2.07. The van der Waals surface area contributed by atoms with Crippen molar-refractivity contribution in [3.63, 3.8) is 0 Å². The van der Waals surface area contributed by atoms with Gasteiger partial charge in [-0.05, 0) is 50.0 Å². The maximum Gasteiger partial charge on any atom is 0.227 e. The molecular weight excluding hydrogens is 324 g/mol. The molecule has 1 N–H and O–H groups in total. The maximum absolute atomic E-state index is 12.9. The first-order valence-electron chi connectivity index (χ1n) is 9.89. The number of furan rings is 1. The first-order valence-corrected chi connectivity index (χ1v) is 9.89. The SMILES string of the molecule is CCCC(C(=O)NCC(c1ccco1)N1CCCCC1)c1ccccc1. The third-order valence-corrected chi connectivity index (χ3v) is 5.27. The molecule has 2 aromatic rings. The molecule has 2 heterocycles. The summed E-state index contributed by atoms with van der Waals surface area (Å²) < 4.78 is 5.68. The summed E-state index contributed by atoms with van der Waals surface area (Å²) in [6.07, 6.45) is 7.30. The Morgan fingerprint density at radius 3 is 2.54 bits per heavy atom. The number of rotatable bonds is 8. The lowest BCUT2D eigenvalue weighted by atomic mass is 9.93. The fourth-order valence-corrected chi connectivity index (χ4v) is 3.86. The molecule has 0 bridgehead atoms. The largest absolute Gasteiger partial charge is 0.468 e. The number of piperidine rings is 1. The van der Waals surface area contributed by atoms with Crippen LogP contribution >= 0.6 is 0 Å². The second-order valence-corrected chi connectivity index (χ2v) is 7.12. The minimum Gasteiger partial charge on any atom is -0.468 e. The van der Waals surface area contributed by atoms with Crippen LogP contribution in [0.3, 0.4) is 0 Å². The van der Waals surface area contributed by atoms with Gasteiger partial charge in [0, 0.05) is 6.54 Å².